The van der Waals surface area contributed by atoms with Crippen LogP contribution >= 0.6 is 0 Å². The Labute approximate surface area is 110 Å². The third kappa shape index (κ3) is 4.42. The van der Waals surface area contributed by atoms with Gasteiger partial charge in [0.15, 0.2) is 9.84 Å². The molecule has 0 fully saturated rings. The number of rotatable bonds is 6. The Morgan fingerprint density at radius 1 is 1.22 bits per heavy atom. The average molecular weight is 269 g/mol. The first kappa shape index (κ1) is 15.2. The predicted molar refractivity (Wildman–Crippen MR) is 76.4 cm³/mol. The molecule has 4 heteroatoms. The zero-order chi connectivity index (χ0) is 13.8. The summed E-state index contributed by atoms with van der Waals surface area (Å²) < 4.78 is 23.7. The molecule has 0 aliphatic heterocycles. The van der Waals surface area contributed by atoms with Crippen LogP contribution < -0.4 is 5.73 Å². The van der Waals surface area contributed by atoms with E-state index in [4.69, 9.17) is 5.73 Å². The fraction of sp³-hybridized carbons (Fsp3) is 0.571. The lowest BCUT2D eigenvalue weighted by molar-refractivity contribution is 0.585. The third-order valence-corrected chi connectivity index (χ3v) is 4.98. The molecule has 0 aliphatic rings. The Bertz CT molecular complexity index is 495. The van der Waals surface area contributed by atoms with Crippen molar-refractivity contribution in [2.45, 2.75) is 39.7 Å². The molecular formula is C14H23NO2S. The number of sulfone groups is 1. The smallest absolute Gasteiger partial charge is 0.152 e. The minimum Gasteiger partial charge on any atom is -0.323 e. The van der Waals surface area contributed by atoms with E-state index in [-0.39, 0.29) is 11.5 Å². The van der Waals surface area contributed by atoms with Crippen molar-refractivity contribution in [1.29, 1.82) is 0 Å². The summed E-state index contributed by atoms with van der Waals surface area (Å²) in [5.74, 6) is 0.275. The van der Waals surface area contributed by atoms with Crippen LogP contribution in [0, 0.1) is 13.8 Å². The largest absolute Gasteiger partial charge is 0.323 e. The first-order valence-electron chi connectivity index (χ1n) is 6.39. The summed E-state index contributed by atoms with van der Waals surface area (Å²) in [7, 11) is -3.04. The molecule has 0 bridgehead atoms. The molecular weight excluding hydrogens is 246 g/mol. The molecule has 3 nitrogen and oxygen atoms in total. The van der Waals surface area contributed by atoms with E-state index in [2.05, 4.69) is 0 Å². The summed E-state index contributed by atoms with van der Waals surface area (Å²) in [4.78, 5) is 0. The fourth-order valence-electron chi connectivity index (χ4n) is 1.81. The molecule has 0 heterocycles. The minimum atomic E-state index is -3.04. The zero-order valence-corrected chi connectivity index (χ0v) is 12.3. The highest BCUT2D eigenvalue weighted by Gasteiger charge is 2.17. The van der Waals surface area contributed by atoms with Crippen molar-refractivity contribution in [2.24, 2.45) is 5.73 Å². The van der Waals surface area contributed by atoms with Crippen LogP contribution in [0.5, 0.6) is 0 Å². The topological polar surface area (TPSA) is 60.2 Å². The van der Waals surface area contributed by atoms with Gasteiger partial charge in [0.1, 0.15) is 0 Å². The quantitative estimate of drug-likeness (QED) is 0.863. The van der Waals surface area contributed by atoms with Crippen molar-refractivity contribution in [3.63, 3.8) is 0 Å². The van der Waals surface area contributed by atoms with E-state index < -0.39 is 15.9 Å². The molecule has 1 atom stereocenters. The number of aryl methyl sites for hydroxylation is 2. The van der Waals surface area contributed by atoms with E-state index in [0.29, 0.717) is 6.42 Å². The highest BCUT2D eigenvalue weighted by molar-refractivity contribution is 7.91. The standard InChI is InChI=1S/C14H23NO2S/c1-4-5-8-18(16,17)10-14(15)13-7-6-11(2)12(3)9-13/h6-7,9,14H,4-5,8,10,15H2,1-3H3. The van der Waals surface area contributed by atoms with Crippen LogP contribution in [0.15, 0.2) is 18.2 Å². The Hall–Kier alpha value is -0.870. The Morgan fingerprint density at radius 2 is 1.89 bits per heavy atom. The second kappa shape index (κ2) is 6.34. The van der Waals surface area contributed by atoms with Gasteiger partial charge in [0.25, 0.3) is 0 Å². The maximum Gasteiger partial charge on any atom is 0.152 e. The van der Waals surface area contributed by atoms with Crippen molar-refractivity contribution in [3.05, 3.63) is 34.9 Å². The number of benzene rings is 1. The molecule has 0 spiro atoms. The van der Waals surface area contributed by atoms with Gasteiger partial charge in [-0.25, -0.2) is 8.42 Å². The van der Waals surface area contributed by atoms with E-state index in [1.54, 1.807) is 0 Å². The molecule has 1 rings (SSSR count). The lowest BCUT2D eigenvalue weighted by Gasteiger charge is -2.14. The molecule has 102 valence electrons. The minimum absolute atomic E-state index is 0.0372. The van der Waals surface area contributed by atoms with Gasteiger partial charge in [-0.15, -0.1) is 0 Å². The lowest BCUT2D eigenvalue weighted by Crippen LogP contribution is -2.23. The molecule has 1 aromatic rings. The van der Waals surface area contributed by atoms with Gasteiger partial charge in [0.05, 0.1) is 11.5 Å². The Kier molecular flexibility index (Phi) is 5.35. The number of hydrogen-bond donors (Lipinski definition) is 1. The van der Waals surface area contributed by atoms with Crippen molar-refractivity contribution >= 4 is 9.84 Å². The Morgan fingerprint density at radius 3 is 2.44 bits per heavy atom. The van der Waals surface area contributed by atoms with E-state index in [1.807, 2.05) is 39.0 Å². The second-order valence-corrected chi connectivity index (χ2v) is 7.15. The average Bonchev–Trinajstić information content (AvgIpc) is 2.29. The van der Waals surface area contributed by atoms with E-state index in [1.165, 1.54) is 5.56 Å². The molecule has 0 aliphatic carbocycles. The lowest BCUT2D eigenvalue weighted by atomic mass is 10.0. The summed E-state index contributed by atoms with van der Waals surface area (Å²) >= 11 is 0. The van der Waals surface area contributed by atoms with Crippen molar-refractivity contribution in [2.75, 3.05) is 11.5 Å². The third-order valence-electron chi connectivity index (χ3n) is 3.20. The van der Waals surface area contributed by atoms with Crippen LogP contribution in [0.3, 0.4) is 0 Å². The van der Waals surface area contributed by atoms with Crippen LogP contribution in [-0.4, -0.2) is 19.9 Å². The van der Waals surface area contributed by atoms with E-state index in [9.17, 15) is 8.42 Å². The molecule has 0 saturated carbocycles. The monoisotopic (exact) mass is 269 g/mol. The van der Waals surface area contributed by atoms with Crippen LogP contribution in [-0.2, 0) is 9.84 Å². The van der Waals surface area contributed by atoms with Crippen LogP contribution in [0.25, 0.3) is 0 Å². The van der Waals surface area contributed by atoms with Gasteiger partial charge in [0, 0.05) is 6.04 Å². The van der Waals surface area contributed by atoms with Gasteiger partial charge >= 0.3 is 0 Å². The van der Waals surface area contributed by atoms with Gasteiger partial charge in [-0.1, -0.05) is 31.5 Å². The number of hydrogen-bond acceptors (Lipinski definition) is 3. The van der Waals surface area contributed by atoms with Gasteiger partial charge in [-0.3, -0.25) is 0 Å². The van der Waals surface area contributed by atoms with E-state index >= 15 is 0 Å². The Balaban J connectivity index is 2.75. The first-order valence-corrected chi connectivity index (χ1v) is 8.21. The van der Waals surface area contributed by atoms with Gasteiger partial charge in [-0.2, -0.15) is 0 Å². The molecule has 0 aromatic heterocycles. The SMILES string of the molecule is CCCCS(=O)(=O)CC(N)c1ccc(C)c(C)c1. The molecule has 0 amide bonds. The van der Waals surface area contributed by atoms with Crippen LogP contribution in [0.2, 0.25) is 0 Å². The predicted octanol–water partition coefficient (Wildman–Crippen LogP) is 2.52. The van der Waals surface area contributed by atoms with Crippen LogP contribution in [0.4, 0.5) is 0 Å². The molecule has 0 saturated heterocycles. The molecule has 0 radical (unpaired) electrons. The summed E-state index contributed by atoms with van der Waals surface area (Å²) in [6.45, 7) is 6.03. The highest BCUT2D eigenvalue weighted by Crippen LogP contribution is 2.17. The van der Waals surface area contributed by atoms with Crippen molar-refractivity contribution < 1.29 is 8.42 Å². The van der Waals surface area contributed by atoms with Crippen LogP contribution in [0.1, 0.15) is 42.5 Å². The zero-order valence-electron chi connectivity index (χ0n) is 11.4. The summed E-state index contributed by atoms with van der Waals surface area (Å²) in [5, 5.41) is 0. The maximum atomic E-state index is 11.8. The molecule has 1 unspecified atom stereocenters. The summed E-state index contributed by atoms with van der Waals surface area (Å²) in [5.41, 5.74) is 9.24. The number of nitrogens with two attached hydrogens (primary N) is 1. The second-order valence-electron chi connectivity index (χ2n) is 4.92. The van der Waals surface area contributed by atoms with E-state index in [0.717, 1.165) is 17.5 Å². The maximum absolute atomic E-state index is 11.8. The highest BCUT2D eigenvalue weighted by atomic mass is 32.2. The number of unbranched alkanes of at least 4 members (excludes halogenated alkanes) is 1. The van der Waals surface area contributed by atoms with Crippen molar-refractivity contribution in [1.82, 2.24) is 0 Å². The van der Waals surface area contributed by atoms with Crippen molar-refractivity contribution in [3.8, 4) is 0 Å². The molecule has 2 N–H and O–H groups in total. The molecule has 1 aromatic carbocycles. The van der Waals surface area contributed by atoms with Gasteiger partial charge in [-0.05, 0) is 37.0 Å². The fourth-order valence-corrected chi connectivity index (χ4v) is 3.45. The summed E-state index contributed by atoms with van der Waals surface area (Å²) in [6, 6.07) is 5.46. The van der Waals surface area contributed by atoms with Gasteiger partial charge in [0.2, 0.25) is 0 Å². The molecule has 18 heavy (non-hydrogen) atoms. The normalized spacial score (nSPS) is 13.6. The first-order chi connectivity index (χ1) is 8.35. The van der Waals surface area contributed by atoms with Gasteiger partial charge < -0.3 is 5.73 Å². The summed E-state index contributed by atoms with van der Waals surface area (Å²) in [6.07, 6.45) is 1.60.